The highest BCUT2D eigenvalue weighted by Gasteiger charge is 2.47. The van der Waals surface area contributed by atoms with Crippen LogP contribution in [0.1, 0.15) is 29.2 Å². The van der Waals surface area contributed by atoms with E-state index in [1.807, 2.05) is 0 Å². The first kappa shape index (κ1) is 20.0. The van der Waals surface area contributed by atoms with Gasteiger partial charge in [-0.1, -0.05) is 36.4 Å². The smallest absolute Gasteiger partial charge is 0.300 e. The number of hydrogen-bond acceptors (Lipinski definition) is 4. The Hall–Kier alpha value is -3.93. The van der Waals surface area contributed by atoms with E-state index in [-0.39, 0.29) is 16.9 Å². The molecule has 0 spiro atoms. The van der Waals surface area contributed by atoms with Crippen LogP contribution in [0.2, 0.25) is 0 Å². The molecule has 0 aliphatic carbocycles. The zero-order chi connectivity index (χ0) is 22.2. The molecule has 5 rings (SSSR count). The van der Waals surface area contributed by atoms with Crippen LogP contribution < -0.4 is 9.64 Å². The first-order valence-electron chi connectivity index (χ1n) is 10.4. The quantitative estimate of drug-likeness (QED) is 0.370. The van der Waals surface area contributed by atoms with Crippen LogP contribution in [0, 0.1) is 5.82 Å². The van der Waals surface area contributed by atoms with Gasteiger partial charge in [0, 0.05) is 16.8 Å². The Balaban J connectivity index is 1.71. The standard InChI is InChI=1S/C26H20FNO4/c27-20-11-5-4-10-19(20)23-22(25(30)26(31)28(23)18-8-2-1-3-9-18)24(29)17-12-13-21-16(15-17)7-6-14-32-21/h1-5,8-13,15,23,29H,6-7,14H2/b24-22+. The van der Waals surface area contributed by atoms with Crippen LogP contribution in [-0.4, -0.2) is 23.4 Å². The number of para-hydroxylation sites is 1. The van der Waals surface area contributed by atoms with Crippen LogP contribution in [-0.2, 0) is 16.0 Å². The lowest BCUT2D eigenvalue weighted by molar-refractivity contribution is -0.132. The number of nitrogens with zero attached hydrogens (tertiary/aromatic N) is 1. The van der Waals surface area contributed by atoms with Gasteiger partial charge in [-0.15, -0.1) is 0 Å². The van der Waals surface area contributed by atoms with Crippen molar-refractivity contribution in [1.29, 1.82) is 0 Å². The molecule has 2 aliphatic rings. The van der Waals surface area contributed by atoms with Gasteiger partial charge in [-0.25, -0.2) is 4.39 Å². The molecular formula is C26H20FNO4. The van der Waals surface area contributed by atoms with E-state index < -0.39 is 23.5 Å². The number of Topliss-reactive ketones (excluding diaryl/α,β-unsaturated/α-hetero) is 1. The minimum Gasteiger partial charge on any atom is -0.507 e. The Morgan fingerprint density at radius 3 is 2.53 bits per heavy atom. The summed E-state index contributed by atoms with van der Waals surface area (Å²) >= 11 is 0. The average molecular weight is 429 g/mol. The molecule has 2 aliphatic heterocycles. The molecule has 2 heterocycles. The lowest BCUT2D eigenvalue weighted by Crippen LogP contribution is -2.29. The minimum absolute atomic E-state index is 0.137. The number of ketones is 1. The number of anilines is 1. The van der Waals surface area contributed by atoms with Crippen LogP contribution >= 0.6 is 0 Å². The third kappa shape index (κ3) is 3.24. The molecule has 1 unspecified atom stereocenters. The predicted octanol–water partition coefficient (Wildman–Crippen LogP) is 4.78. The predicted molar refractivity (Wildman–Crippen MR) is 118 cm³/mol. The molecule has 6 heteroatoms. The maximum Gasteiger partial charge on any atom is 0.300 e. The molecule has 0 saturated carbocycles. The summed E-state index contributed by atoms with van der Waals surface area (Å²) in [7, 11) is 0. The molecule has 5 nitrogen and oxygen atoms in total. The zero-order valence-corrected chi connectivity index (χ0v) is 17.1. The van der Waals surface area contributed by atoms with E-state index in [2.05, 4.69) is 0 Å². The Labute approximate surface area is 184 Å². The molecular weight excluding hydrogens is 409 g/mol. The van der Waals surface area contributed by atoms with Gasteiger partial charge in [0.15, 0.2) is 0 Å². The van der Waals surface area contributed by atoms with Crippen LogP contribution in [0.4, 0.5) is 10.1 Å². The van der Waals surface area contributed by atoms with Crippen LogP contribution in [0.3, 0.4) is 0 Å². The van der Waals surface area contributed by atoms with Crippen molar-refractivity contribution in [2.24, 2.45) is 0 Å². The molecule has 32 heavy (non-hydrogen) atoms. The monoisotopic (exact) mass is 429 g/mol. The summed E-state index contributed by atoms with van der Waals surface area (Å²) in [6, 6.07) is 18.6. The molecule has 1 N–H and O–H groups in total. The summed E-state index contributed by atoms with van der Waals surface area (Å²) in [4.78, 5) is 27.4. The number of hydrogen-bond donors (Lipinski definition) is 1. The number of halogens is 1. The summed E-state index contributed by atoms with van der Waals surface area (Å²) in [5, 5.41) is 11.2. The van der Waals surface area contributed by atoms with Crippen molar-refractivity contribution in [3.8, 4) is 5.75 Å². The zero-order valence-electron chi connectivity index (χ0n) is 17.1. The summed E-state index contributed by atoms with van der Waals surface area (Å²) in [6.07, 6.45) is 1.64. The van der Waals surface area contributed by atoms with E-state index >= 15 is 0 Å². The van der Waals surface area contributed by atoms with E-state index in [0.29, 0.717) is 17.9 Å². The second kappa shape index (κ2) is 7.96. The van der Waals surface area contributed by atoms with Gasteiger partial charge in [0.2, 0.25) is 0 Å². The number of rotatable bonds is 3. The maximum absolute atomic E-state index is 14.9. The molecule has 0 aromatic heterocycles. The summed E-state index contributed by atoms with van der Waals surface area (Å²) in [5.74, 6) is -1.82. The van der Waals surface area contributed by atoms with Crippen molar-refractivity contribution >= 4 is 23.1 Å². The molecule has 1 saturated heterocycles. The molecule has 3 aromatic carbocycles. The Kier molecular flexibility index (Phi) is 4.98. The topological polar surface area (TPSA) is 66.8 Å². The number of aryl methyl sites for hydroxylation is 1. The van der Waals surface area contributed by atoms with E-state index in [0.717, 1.165) is 24.2 Å². The van der Waals surface area contributed by atoms with Crippen molar-refractivity contribution in [2.45, 2.75) is 18.9 Å². The minimum atomic E-state index is -1.09. The first-order valence-corrected chi connectivity index (χ1v) is 10.4. The molecule has 1 amide bonds. The van der Waals surface area contributed by atoms with Gasteiger partial charge in [0.25, 0.3) is 11.7 Å². The second-order valence-corrected chi connectivity index (χ2v) is 7.80. The Morgan fingerprint density at radius 1 is 1.00 bits per heavy atom. The van der Waals surface area contributed by atoms with Crippen molar-refractivity contribution < 1.29 is 23.8 Å². The van der Waals surface area contributed by atoms with E-state index in [1.54, 1.807) is 54.6 Å². The maximum atomic E-state index is 14.9. The van der Waals surface area contributed by atoms with Crippen LogP contribution in [0.15, 0.2) is 78.4 Å². The number of amides is 1. The average Bonchev–Trinajstić information content (AvgIpc) is 3.09. The number of benzene rings is 3. The number of aliphatic hydroxyl groups is 1. The number of carbonyl (C=O) groups is 2. The van der Waals surface area contributed by atoms with Crippen LogP contribution in [0.5, 0.6) is 5.75 Å². The van der Waals surface area contributed by atoms with Gasteiger partial charge in [-0.05, 0) is 54.8 Å². The highest BCUT2D eigenvalue weighted by Crippen LogP contribution is 2.43. The fourth-order valence-electron chi connectivity index (χ4n) is 4.34. The third-order valence-electron chi connectivity index (χ3n) is 5.86. The van der Waals surface area contributed by atoms with Gasteiger partial charge in [0.1, 0.15) is 17.3 Å². The van der Waals surface area contributed by atoms with Gasteiger partial charge >= 0.3 is 0 Å². The Morgan fingerprint density at radius 2 is 1.75 bits per heavy atom. The molecule has 160 valence electrons. The van der Waals surface area contributed by atoms with Crippen molar-refractivity contribution in [3.05, 3.63) is 101 Å². The molecule has 1 atom stereocenters. The lowest BCUT2D eigenvalue weighted by atomic mass is 9.93. The van der Waals surface area contributed by atoms with Gasteiger partial charge < -0.3 is 9.84 Å². The summed E-state index contributed by atoms with van der Waals surface area (Å²) in [5.41, 5.74) is 1.75. The fourth-order valence-corrected chi connectivity index (χ4v) is 4.34. The number of fused-ring (bicyclic) bond motifs is 1. The molecule has 3 aromatic rings. The van der Waals surface area contributed by atoms with Gasteiger partial charge in [0.05, 0.1) is 18.2 Å². The highest BCUT2D eigenvalue weighted by molar-refractivity contribution is 6.51. The largest absolute Gasteiger partial charge is 0.507 e. The number of aliphatic hydroxyl groups excluding tert-OH is 1. The molecule has 1 fully saturated rings. The van der Waals surface area contributed by atoms with Crippen molar-refractivity contribution in [2.75, 3.05) is 11.5 Å². The Bertz CT molecular complexity index is 1250. The van der Waals surface area contributed by atoms with Gasteiger partial charge in [-0.3, -0.25) is 14.5 Å². The van der Waals surface area contributed by atoms with E-state index in [9.17, 15) is 19.1 Å². The van der Waals surface area contributed by atoms with E-state index in [4.69, 9.17) is 4.74 Å². The third-order valence-corrected chi connectivity index (χ3v) is 5.86. The number of carbonyl (C=O) groups excluding carboxylic acids is 2. The normalized spacial score (nSPS) is 19.5. The summed E-state index contributed by atoms with van der Waals surface area (Å²) < 4.78 is 20.5. The molecule has 0 bridgehead atoms. The summed E-state index contributed by atoms with van der Waals surface area (Å²) in [6.45, 7) is 0.633. The SMILES string of the molecule is O=C1C(=O)N(c2ccccc2)C(c2ccccc2F)/C1=C(\O)c1ccc2c(c1)CCCO2. The highest BCUT2D eigenvalue weighted by atomic mass is 19.1. The van der Waals surface area contributed by atoms with Crippen LogP contribution in [0.25, 0.3) is 5.76 Å². The second-order valence-electron chi connectivity index (χ2n) is 7.80. The van der Waals surface area contributed by atoms with Crippen molar-refractivity contribution in [1.82, 2.24) is 0 Å². The number of ether oxygens (including phenoxy) is 1. The lowest BCUT2D eigenvalue weighted by Gasteiger charge is -2.25. The van der Waals surface area contributed by atoms with Gasteiger partial charge in [-0.2, -0.15) is 0 Å². The van der Waals surface area contributed by atoms with Crippen molar-refractivity contribution in [3.63, 3.8) is 0 Å². The fraction of sp³-hybridized carbons (Fsp3) is 0.154. The van der Waals surface area contributed by atoms with E-state index in [1.165, 1.54) is 23.1 Å². The molecule has 0 radical (unpaired) electrons. The first-order chi connectivity index (χ1) is 15.6.